The Balaban J connectivity index is 2.70. The van der Waals surface area contributed by atoms with Crippen molar-refractivity contribution in [2.75, 3.05) is 19.0 Å². The number of hydrogen-bond donors (Lipinski definition) is 1. The molecule has 0 amide bonds. The molecule has 0 heterocycles. The summed E-state index contributed by atoms with van der Waals surface area (Å²) in [6.07, 6.45) is -4.52. The standard InChI is InChI=1S/C11H10BrF3N2O/c1-18-10-3-2-8(4-9(10)12)17-6-7(5-16)11(13,14)15/h2-4,7,17H,6H2,1H3. The van der Waals surface area contributed by atoms with Crippen LogP contribution in [0.4, 0.5) is 18.9 Å². The molecule has 0 saturated carbocycles. The number of anilines is 1. The number of ether oxygens (including phenoxy) is 1. The highest BCUT2D eigenvalue weighted by atomic mass is 79.9. The van der Waals surface area contributed by atoms with Gasteiger partial charge >= 0.3 is 6.18 Å². The molecule has 0 aliphatic heterocycles. The molecule has 98 valence electrons. The smallest absolute Gasteiger partial charge is 0.406 e. The van der Waals surface area contributed by atoms with Gasteiger partial charge in [0.05, 0.1) is 17.7 Å². The first kappa shape index (κ1) is 14.6. The highest BCUT2D eigenvalue weighted by molar-refractivity contribution is 9.10. The largest absolute Gasteiger partial charge is 0.496 e. The molecule has 0 fully saturated rings. The highest BCUT2D eigenvalue weighted by Gasteiger charge is 2.39. The highest BCUT2D eigenvalue weighted by Crippen LogP contribution is 2.29. The number of rotatable bonds is 4. The molecule has 1 N–H and O–H groups in total. The van der Waals surface area contributed by atoms with Crippen LogP contribution in [0.15, 0.2) is 22.7 Å². The normalized spacial score (nSPS) is 12.7. The summed E-state index contributed by atoms with van der Waals surface area (Å²) in [5.74, 6) is -1.45. The van der Waals surface area contributed by atoms with E-state index in [2.05, 4.69) is 21.2 Å². The van der Waals surface area contributed by atoms with Crippen molar-refractivity contribution >= 4 is 21.6 Å². The van der Waals surface area contributed by atoms with E-state index in [1.54, 1.807) is 18.2 Å². The van der Waals surface area contributed by atoms with E-state index in [0.717, 1.165) is 0 Å². The van der Waals surface area contributed by atoms with Gasteiger partial charge in [-0.1, -0.05) is 0 Å². The van der Waals surface area contributed by atoms with E-state index in [-0.39, 0.29) is 0 Å². The Kier molecular flexibility index (Phi) is 4.84. The molecule has 18 heavy (non-hydrogen) atoms. The van der Waals surface area contributed by atoms with Gasteiger partial charge in [-0.3, -0.25) is 0 Å². The number of nitriles is 1. The number of benzene rings is 1. The van der Waals surface area contributed by atoms with Gasteiger partial charge in [-0.2, -0.15) is 18.4 Å². The van der Waals surface area contributed by atoms with Crippen molar-refractivity contribution in [3.05, 3.63) is 22.7 Å². The fourth-order valence-electron chi connectivity index (χ4n) is 1.23. The quantitative estimate of drug-likeness (QED) is 0.921. The molecule has 1 atom stereocenters. The van der Waals surface area contributed by atoms with E-state index in [1.165, 1.54) is 13.2 Å². The predicted octanol–water partition coefficient (Wildman–Crippen LogP) is 3.57. The summed E-state index contributed by atoms with van der Waals surface area (Å²) in [6, 6.07) is 6.00. The minimum atomic E-state index is -4.52. The van der Waals surface area contributed by atoms with E-state index >= 15 is 0 Å². The first-order valence-corrected chi connectivity index (χ1v) is 5.71. The molecule has 1 unspecified atom stereocenters. The number of halogens is 4. The molecule has 0 bridgehead atoms. The molecular weight excluding hydrogens is 313 g/mol. The lowest BCUT2D eigenvalue weighted by Gasteiger charge is -2.15. The molecule has 0 aromatic heterocycles. The number of nitrogens with one attached hydrogen (secondary N) is 1. The molecule has 0 radical (unpaired) electrons. The second-order valence-electron chi connectivity index (χ2n) is 3.45. The second kappa shape index (κ2) is 5.96. The molecule has 0 aliphatic carbocycles. The summed E-state index contributed by atoms with van der Waals surface area (Å²) in [4.78, 5) is 0. The zero-order valence-corrected chi connectivity index (χ0v) is 11.0. The van der Waals surface area contributed by atoms with E-state index < -0.39 is 18.6 Å². The zero-order valence-electron chi connectivity index (χ0n) is 9.38. The van der Waals surface area contributed by atoms with Crippen LogP contribution in [0.2, 0.25) is 0 Å². The Bertz CT molecular complexity index is 457. The van der Waals surface area contributed by atoms with Crippen LogP contribution in [0.5, 0.6) is 5.75 Å². The SMILES string of the molecule is COc1ccc(NCC(C#N)C(F)(F)F)cc1Br. The van der Waals surface area contributed by atoms with E-state index in [4.69, 9.17) is 10.00 Å². The van der Waals surface area contributed by atoms with Gasteiger partial charge < -0.3 is 10.1 Å². The van der Waals surface area contributed by atoms with Gasteiger partial charge in [-0.05, 0) is 34.1 Å². The summed E-state index contributed by atoms with van der Waals surface area (Å²) in [5, 5.41) is 11.0. The second-order valence-corrected chi connectivity index (χ2v) is 4.31. The van der Waals surface area contributed by atoms with Gasteiger partial charge in [0.25, 0.3) is 0 Å². The third-order valence-corrected chi connectivity index (χ3v) is 2.83. The summed E-state index contributed by atoms with van der Waals surface area (Å²) in [6.45, 7) is -0.487. The number of alkyl halides is 3. The van der Waals surface area contributed by atoms with Crippen molar-refractivity contribution < 1.29 is 17.9 Å². The number of nitrogens with zero attached hydrogens (tertiary/aromatic N) is 1. The lowest BCUT2D eigenvalue weighted by molar-refractivity contribution is -0.155. The van der Waals surface area contributed by atoms with Crippen LogP contribution in [0.3, 0.4) is 0 Å². The lowest BCUT2D eigenvalue weighted by Crippen LogP contribution is -2.28. The molecular formula is C11H10BrF3N2O. The number of methoxy groups -OCH3 is 1. The van der Waals surface area contributed by atoms with Gasteiger partial charge in [0, 0.05) is 12.2 Å². The molecule has 1 aromatic rings. The van der Waals surface area contributed by atoms with Gasteiger partial charge in [0.1, 0.15) is 5.75 Å². The summed E-state index contributed by atoms with van der Waals surface area (Å²) in [5.41, 5.74) is 0.479. The van der Waals surface area contributed by atoms with Crippen molar-refractivity contribution in [3.8, 4) is 11.8 Å². The summed E-state index contributed by atoms with van der Waals surface area (Å²) >= 11 is 3.22. The Morgan fingerprint density at radius 2 is 2.17 bits per heavy atom. The molecule has 0 saturated heterocycles. The fourth-order valence-corrected chi connectivity index (χ4v) is 1.77. The Morgan fingerprint density at radius 3 is 2.61 bits per heavy atom. The van der Waals surface area contributed by atoms with Crippen LogP contribution in [0.1, 0.15) is 0 Å². The van der Waals surface area contributed by atoms with Crippen LogP contribution >= 0.6 is 15.9 Å². The monoisotopic (exact) mass is 322 g/mol. The average molecular weight is 323 g/mol. The first-order chi connectivity index (χ1) is 8.38. The van der Waals surface area contributed by atoms with E-state index in [0.29, 0.717) is 15.9 Å². The van der Waals surface area contributed by atoms with Gasteiger partial charge in [0.2, 0.25) is 0 Å². The predicted molar refractivity (Wildman–Crippen MR) is 64.3 cm³/mol. The Morgan fingerprint density at radius 1 is 1.50 bits per heavy atom. The molecule has 1 rings (SSSR count). The summed E-state index contributed by atoms with van der Waals surface area (Å²) < 4.78 is 42.6. The third-order valence-electron chi connectivity index (χ3n) is 2.21. The van der Waals surface area contributed by atoms with Crippen molar-refractivity contribution in [2.45, 2.75) is 6.18 Å². The molecule has 7 heteroatoms. The maximum Gasteiger partial charge on any atom is 0.406 e. The van der Waals surface area contributed by atoms with Gasteiger partial charge in [0.15, 0.2) is 5.92 Å². The van der Waals surface area contributed by atoms with Crippen molar-refractivity contribution in [1.29, 1.82) is 5.26 Å². The Hall–Kier alpha value is -1.42. The molecule has 0 aliphatic rings. The fraction of sp³-hybridized carbons (Fsp3) is 0.364. The van der Waals surface area contributed by atoms with Gasteiger partial charge in [-0.25, -0.2) is 0 Å². The molecule has 1 aromatic carbocycles. The van der Waals surface area contributed by atoms with Crippen LogP contribution < -0.4 is 10.1 Å². The van der Waals surface area contributed by atoms with E-state index in [9.17, 15) is 13.2 Å². The van der Waals surface area contributed by atoms with Crippen molar-refractivity contribution in [2.24, 2.45) is 5.92 Å². The summed E-state index contributed by atoms with van der Waals surface area (Å²) in [7, 11) is 1.49. The average Bonchev–Trinajstić information content (AvgIpc) is 2.28. The maximum absolute atomic E-state index is 12.3. The minimum absolute atomic E-state index is 0.479. The van der Waals surface area contributed by atoms with Crippen LogP contribution in [0.25, 0.3) is 0 Å². The van der Waals surface area contributed by atoms with Crippen LogP contribution in [-0.2, 0) is 0 Å². The van der Waals surface area contributed by atoms with Crippen LogP contribution in [-0.4, -0.2) is 19.8 Å². The first-order valence-electron chi connectivity index (χ1n) is 4.92. The topological polar surface area (TPSA) is 45.0 Å². The molecule has 0 spiro atoms. The lowest BCUT2D eigenvalue weighted by atomic mass is 10.1. The zero-order chi connectivity index (χ0) is 13.8. The van der Waals surface area contributed by atoms with Crippen molar-refractivity contribution in [1.82, 2.24) is 0 Å². The minimum Gasteiger partial charge on any atom is -0.496 e. The van der Waals surface area contributed by atoms with Crippen molar-refractivity contribution in [3.63, 3.8) is 0 Å². The third kappa shape index (κ3) is 3.81. The van der Waals surface area contributed by atoms with E-state index in [1.807, 2.05) is 0 Å². The molecule has 3 nitrogen and oxygen atoms in total. The van der Waals surface area contributed by atoms with Crippen LogP contribution in [0, 0.1) is 17.2 Å². The number of hydrogen-bond acceptors (Lipinski definition) is 3. The Labute approximate surface area is 111 Å². The van der Waals surface area contributed by atoms with Gasteiger partial charge in [-0.15, -0.1) is 0 Å². The maximum atomic E-state index is 12.3.